The Morgan fingerprint density at radius 1 is 1.29 bits per heavy atom. The van der Waals surface area contributed by atoms with Crippen molar-refractivity contribution in [1.82, 2.24) is 10.3 Å². The highest BCUT2D eigenvalue weighted by atomic mass is 16.3. The first kappa shape index (κ1) is 12.0. The predicted octanol–water partition coefficient (Wildman–Crippen LogP) is 2.10. The van der Waals surface area contributed by atoms with Crippen LogP contribution in [0, 0.1) is 0 Å². The van der Waals surface area contributed by atoms with E-state index in [1.165, 1.54) is 5.56 Å². The Kier molecular flexibility index (Phi) is 3.41. The maximum Gasteiger partial charge on any atom is 0.0715 e. The van der Waals surface area contributed by atoms with Crippen molar-refractivity contribution < 1.29 is 5.11 Å². The first-order valence-electron chi connectivity index (χ1n) is 5.81. The van der Waals surface area contributed by atoms with Gasteiger partial charge in [-0.3, -0.25) is 4.98 Å². The van der Waals surface area contributed by atoms with Gasteiger partial charge in [0.1, 0.15) is 0 Å². The lowest BCUT2D eigenvalue weighted by Gasteiger charge is -2.17. The van der Waals surface area contributed by atoms with Gasteiger partial charge < -0.3 is 10.4 Å². The van der Waals surface area contributed by atoms with Crippen molar-refractivity contribution in [1.29, 1.82) is 0 Å². The Hall–Kier alpha value is -1.45. The molecule has 0 atom stereocenters. The van der Waals surface area contributed by atoms with Crippen molar-refractivity contribution in [2.24, 2.45) is 0 Å². The van der Waals surface area contributed by atoms with Crippen LogP contribution < -0.4 is 5.32 Å². The maximum absolute atomic E-state index is 9.59. The molecule has 1 heterocycles. The molecule has 2 N–H and O–H groups in total. The molecular weight excluding hydrogens is 212 g/mol. The summed E-state index contributed by atoms with van der Waals surface area (Å²) in [6, 6.07) is 10.2. The lowest BCUT2D eigenvalue weighted by molar-refractivity contribution is 0.0795. The van der Waals surface area contributed by atoms with E-state index in [-0.39, 0.29) is 0 Å². The summed E-state index contributed by atoms with van der Waals surface area (Å²) in [6.07, 6.45) is 1.80. The van der Waals surface area contributed by atoms with E-state index in [1.807, 2.05) is 12.1 Å². The Labute approximate surface area is 102 Å². The third-order valence-electron chi connectivity index (χ3n) is 2.55. The van der Waals surface area contributed by atoms with Crippen LogP contribution in [-0.2, 0) is 6.54 Å². The minimum atomic E-state index is -0.668. The summed E-state index contributed by atoms with van der Waals surface area (Å²) >= 11 is 0. The van der Waals surface area contributed by atoms with E-state index < -0.39 is 5.60 Å². The zero-order chi connectivity index (χ0) is 12.3. The van der Waals surface area contributed by atoms with E-state index >= 15 is 0 Å². The molecule has 0 aliphatic carbocycles. The fourth-order valence-corrected chi connectivity index (χ4v) is 1.75. The molecule has 0 amide bonds. The molecule has 0 unspecified atom stereocenters. The van der Waals surface area contributed by atoms with Gasteiger partial charge in [-0.05, 0) is 37.6 Å². The van der Waals surface area contributed by atoms with Gasteiger partial charge >= 0.3 is 0 Å². The molecule has 3 nitrogen and oxygen atoms in total. The number of nitrogens with one attached hydrogen (secondary N) is 1. The fourth-order valence-electron chi connectivity index (χ4n) is 1.75. The molecule has 0 fully saturated rings. The van der Waals surface area contributed by atoms with Crippen LogP contribution in [0.25, 0.3) is 10.9 Å². The number of hydrogen-bond donors (Lipinski definition) is 2. The summed E-state index contributed by atoms with van der Waals surface area (Å²) < 4.78 is 0. The van der Waals surface area contributed by atoms with Crippen molar-refractivity contribution in [2.45, 2.75) is 26.0 Å². The fraction of sp³-hybridized carbons (Fsp3) is 0.357. The second kappa shape index (κ2) is 4.82. The minimum absolute atomic E-state index is 0.581. The molecule has 17 heavy (non-hydrogen) atoms. The van der Waals surface area contributed by atoms with Gasteiger partial charge in [-0.25, -0.2) is 0 Å². The highest BCUT2D eigenvalue weighted by molar-refractivity contribution is 5.78. The number of nitrogens with zero attached hydrogens (tertiary/aromatic N) is 1. The predicted molar refractivity (Wildman–Crippen MR) is 69.7 cm³/mol. The topological polar surface area (TPSA) is 45.1 Å². The Balaban J connectivity index is 2.04. The second-order valence-electron chi connectivity index (χ2n) is 4.95. The van der Waals surface area contributed by atoms with E-state index in [9.17, 15) is 5.11 Å². The molecule has 1 aromatic carbocycles. The first-order chi connectivity index (χ1) is 8.04. The van der Waals surface area contributed by atoms with Crippen LogP contribution in [0.5, 0.6) is 0 Å². The van der Waals surface area contributed by atoms with E-state index in [2.05, 4.69) is 28.5 Å². The number of aromatic nitrogens is 1. The first-order valence-corrected chi connectivity index (χ1v) is 5.81. The van der Waals surface area contributed by atoms with Crippen molar-refractivity contribution in [3.8, 4) is 0 Å². The molecule has 3 heteroatoms. The minimum Gasteiger partial charge on any atom is -0.389 e. The lowest BCUT2D eigenvalue weighted by atomic mass is 10.1. The van der Waals surface area contributed by atoms with Gasteiger partial charge in [-0.1, -0.05) is 12.1 Å². The molecule has 90 valence electrons. The Morgan fingerprint density at radius 3 is 2.88 bits per heavy atom. The Morgan fingerprint density at radius 2 is 2.12 bits per heavy atom. The molecule has 0 spiro atoms. The van der Waals surface area contributed by atoms with E-state index in [0.717, 1.165) is 17.4 Å². The number of fused-ring (bicyclic) bond motifs is 1. The summed E-state index contributed by atoms with van der Waals surface area (Å²) in [5, 5.41) is 14.0. The van der Waals surface area contributed by atoms with E-state index in [0.29, 0.717) is 6.54 Å². The van der Waals surface area contributed by atoms with E-state index in [1.54, 1.807) is 20.0 Å². The number of pyridine rings is 1. The van der Waals surface area contributed by atoms with Gasteiger partial charge in [0.15, 0.2) is 0 Å². The third-order valence-corrected chi connectivity index (χ3v) is 2.55. The van der Waals surface area contributed by atoms with Crippen LogP contribution in [0.4, 0.5) is 0 Å². The average Bonchev–Trinajstić information content (AvgIpc) is 2.27. The number of aliphatic hydroxyl groups is 1. The van der Waals surface area contributed by atoms with Crippen LogP contribution in [0.2, 0.25) is 0 Å². The largest absolute Gasteiger partial charge is 0.389 e. The second-order valence-corrected chi connectivity index (χ2v) is 4.95. The van der Waals surface area contributed by atoms with Crippen molar-refractivity contribution in [3.63, 3.8) is 0 Å². The van der Waals surface area contributed by atoms with Crippen LogP contribution in [0.3, 0.4) is 0 Å². The standard InChI is InChI=1S/C14H18N2O/c1-14(2,17)10-15-9-11-5-6-13-12(8-11)4-3-7-16-13/h3-8,15,17H,9-10H2,1-2H3. The summed E-state index contributed by atoms with van der Waals surface area (Å²) in [5.74, 6) is 0. The zero-order valence-corrected chi connectivity index (χ0v) is 10.3. The average molecular weight is 230 g/mol. The molecule has 0 radical (unpaired) electrons. The van der Waals surface area contributed by atoms with Gasteiger partial charge in [-0.2, -0.15) is 0 Å². The van der Waals surface area contributed by atoms with Crippen LogP contribution in [0.15, 0.2) is 36.5 Å². The highest BCUT2D eigenvalue weighted by Crippen LogP contribution is 2.13. The van der Waals surface area contributed by atoms with Gasteiger partial charge in [0, 0.05) is 24.7 Å². The summed E-state index contributed by atoms with van der Waals surface area (Å²) in [7, 11) is 0. The summed E-state index contributed by atoms with van der Waals surface area (Å²) in [5.41, 5.74) is 1.55. The normalized spacial score (nSPS) is 11.9. The van der Waals surface area contributed by atoms with Gasteiger partial charge in [0.25, 0.3) is 0 Å². The smallest absolute Gasteiger partial charge is 0.0715 e. The van der Waals surface area contributed by atoms with Crippen molar-refractivity contribution in [2.75, 3.05) is 6.54 Å². The van der Waals surface area contributed by atoms with Gasteiger partial charge in [-0.15, -0.1) is 0 Å². The molecule has 0 aliphatic heterocycles. The highest BCUT2D eigenvalue weighted by Gasteiger charge is 2.10. The summed E-state index contributed by atoms with van der Waals surface area (Å²) in [6.45, 7) is 4.93. The van der Waals surface area contributed by atoms with E-state index in [4.69, 9.17) is 0 Å². The SMILES string of the molecule is CC(C)(O)CNCc1ccc2ncccc2c1. The molecule has 0 aliphatic rings. The van der Waals surface area contributed by atoms with Crippen molar-refractivity contribution >= 4 is 10.9 Å². The number of benzene rings is 1. The molecule has 0 saturated carbocycles. The van der Waals surface area contributed by atoms with Crippen LogP contribution >= 0.6 is 0 Å². The third kappa shape index (κ3) is 3.51. The maximum atomic E-state index is 9.59. The van der Waals surface area contributed by atoms with Crippen LogP contribution in [0.1, 0.15) is 19.4 Å². The van der Waals surface area contributed by atoms with Gasteiger partial charge in [0.2, 0.25) is 0 Å². The number of rotatable bonds is 4. The molecule has 2 aromatic rings. The summed E-state index contributed by atoms with van der Waals surface area (Å²) in [4.78, 5) is 4.28. The molecule has 0 saturated heterocycles. The molecule has 1 aromatic heterocycles. The quantitative estimate of drug-likeness (QED) is 0.845. The van der Waals surface area contributed by atoms with Gasteiger partial charge in [0.05, 0.1) is 11.1 Å². The number of hydrogen-bond acceptors (Lipinski definition) is 3. The molecule has 0 bridgehead atoms. The zero-order valence-electron chi connectivity index (χ0n) is 10.3. The monoisotopic (exact) mass is 230 g/mol. The molecule has 2 rings (SSSR count). The van der Waals surface area contributed by atoms with Crippen molar-refractivity contribution in [3.05, 3.63) is 42.1 Å². The van der Waals surface area contributed by atoms with Crippen LogP contribution in [-0.4, -0.2) is 22.2 Å². The Bertz CT molecular complexity index is 503. The lowest BCUT2D eigenvalue weighted by Crippen LogP contribution is -2.34. The molecular formula is C14H18N2O.